The van der Waals surface area contributed by atoms with Gasteiger partial charge in [0.15, 0.2) is 0 Å². The summed E-state index contributed by atoms with van der Waals surface area (Å²) >= 11 is 0. The molecule has 1 aromatic heterocycles. The number of benzene rings is 1. The second-order valence-electron chi connectivity index (χ2n) is 4.59. The van der Waals surface area contributed by atoms with Crippen LogP contribution in [0.25, 0.3) is 10.8 Å². The molecule has 2 rings (SSSR count). The van der Waals surface area contributed by atoms with Gasteiger partial charge in [-0.25, -0.2) is 4.98 Å². The third kappa shape index (κ3) is 3.58. The van der Waals surface area contributed by atoms with E-state index in [2.05, 4.69) is 10.3 Å². The molecule has 0 aliphatic carbocycles. The normalized spacial score (nSPS) is 10.9. The van der Waals surface area contributed by atoms with Crippen molar-refractivity contribution in [1.29, 1.82) is 0 Å². The molecule has 0 radical (unpaired) electrons. The molecule has 0 atom stereocenters. The first kappa shape index (κ1) is 13.6. The number of fused-ring (bicyclic) bond motifs is 1. The van der Waals surface area contributed by atoms with Gasteiger partial charge < -0.3 is 14.8 Å². The van der Waals surface area contributed by atoms with E-state index < -0.39 is 0 Å². The Morgan fingerprint density at radius 3 is 2.84 bits per heavy atom. The second-order valence-corrected chi connectivity index (χ2v) is 4.59. The lowest BCUT2D eigenvalue weighted by Gasteiger charge is -2.11. The SMILES string of the molecule is COc1ccc2c(NCCOC(C)C)nccc2c1. The van der Waals surface area contributed by atoms with Crippen LogP contribution < -0.4 is 10.1 Å². The number of anilines is 1. The van der Waals surface area contributed by atoms with Crippen molar-refractivity contribution in [3.8, 4) is 5.75 Å². The number of rotatable bonds is 6. The van der Waals surface area contributed by atoms with E-state index in [1.54, 1.807) is 13.3 Å². The Bertz CT molecular complexity index is 541. The zero-order valence-electron chi connectivity index (χ0n) is 11.6. The molecule has 0 saturated carbocycles. The van der Waals surface area contributed by atoms with Gasteiger partial charge in [-0.2, -0.15) is 0 Å². The Balaban J connectivity index is 2.10. The Kier molecular flexibility index (Phi) is 4.58. The Morgan fingerprint density at radius 1 is 1.26 bits per heavy atom. The topological polar surface area (TPSA) is 43.4 Å². The molecule has 0 bridgehead atoms. The van der Waals surface area contributed by atoms with Gasteiger partial charge in [0.05, 0.1) is 19.8 Å². The minimum absolute atomic E-state index is 0.256. The number of nitrogens with zero attached hydrogens (tertiary/aromatic N) is 1. The van der Waals surface area contributed by atoms with E-state index in [9.17, 15) is 0 Å². The number of methoxy groups -OCH3 is 1. The van der Waals surface area contributed by atoms with Crippen molar-refractivity contribution in [1.82, 2.24) is 4.98 Å². The van der Waals surface area contributed by atoms with Crippen LogP contribution in [0.15, 0.2) is 30.5 Å². The molecule has 4 heteroatoms. The van der Waals surface area contributed by atoms with Gasteiger partial charge in [-0.15, -0.1) is 0 Å². The molecule has 0 amide bonds. The summed E-state index contributed by atoms with van der Waals surface area (Å²) in [6.45, 7) is 5.48. The minimum atomic E-state index is 0.256. The smallest absolute Gasteiger partial charge is 0.133 e. The predicted octanol–water partition coefficient (Wildman–Crippen LogP) is 3.08. The van der Waals surface area contributed by atoms with Crippen LogP contribution in [0.3, 0.4) is 0 Å². The molecular weight excluding hydrogens is 240 g/mol. The molecule has 0 aliphatic heterocycles. The zero-order chi connectivity index (χ0) is 13.7. The molecule has 1 heterocycles. The van der Waals surface area contributed by atoms with Crippen molar-refractivity contribution in [2.24, 2.45) is 0 Å². The van der Waals surface area contributed by atoms with Crippen LogP contribution in [-0.2, 0) is 4.74 Å². The van der Waals surface area contributed by atoms with E-state index in [0.29, 0.717) is 6.61 Å². The molecule has 0 spiro atoms. The monoisotopic (exact) mass is 260 g/mol. The zero-order valence-corrected chi connectivity index (χ0v) is 11.6. The maximum Gasteiger partial charge on any atom is 0.133 e. The Morgan fingerprint density at radius 2 is 2.11 bits per heavy atom. The highest BCUT2D eigenvalue weighted by molar-refractivity contribution is 5.92. The first-order chi connectivity index (χ1) is 9.20. The van der Waals surface area contributed by atoms with Crippen LogP contribution in [0.1, 0.15) is 13.8 Å². The third-order valence-electron chi connectivity index (χ3n) is 2.82. The van der Waals surface area contributed by atoms with Crippen LogP contribution >= 0.6 is 0 Å². The van der Waals surface area contributed by atoms with Crippen LogP contribution in [-0.4, -0.2) is 31.3 Å². The maximum atomic E-state index is 5.50. The van der Waals surface area contributed by atoms with Crippen molar-refractivity contribution in [3.05, 3.63) is 30.5 Å². The summed E-state index contributed by atoms with van der Waals surface area (Å²) in [4.78, 5) is 4.37. The fourth-order valence-corrected chi connectivity index (χ4v) is 1.89. The van der Waals surface area contributed by atoms with E-state index in [0.717, 1.165) is 28.9 Å². The highest BCUT2D eigenvalue weighted by Gasteiger charge is 2.03. The number of aromatic nitrogens is 1. The van der Waals surface area contributed by atoms with Crippen molar-refractivity contribution in [2.75, 3.05) is 25.6 Å². The molecule has 0 fully saturated rings. The molecule has 0 aliphatic rings. The Hall–Kier alpha value is -1.81. The summed E-state index contributed by atoms with van der Waals surface area (Å²) in [5.41, 5.74) is 0. The van der Waals surface area contributed by atoms with Crippen molar-refractivity contribution < 1.29 is 9.47 Å². The van der Waals surface area contributed by atoms with E-state index >= 15 is 0 Å². The largest absolute Gasteiger partial charge is 0.497 e. The number of hydrogen-bond donors (Lipinski definition) is 1. The summed E-state index contributed by atoms with van der Waals surface area (Å²) in [7, 11) is 1.67. The average molecular weight is 260 g/mol. The molecule has 1 N–H and O–H groups in total. The lowest BCUT2D eigenvalue weighted by molar-refractivity contribution is 0.0870. The summed E-state index contributed by atoms with van der Waals surface area (Å²) in [5, 5.41) is 5.51. The van der Waals surface area contributed by atoms with Crippen LogP contribution in [0.4, 0.5) is 5.82 Å². The van der Waals surface area contributed by atoms with Crippen molar-refractivity contribution >= 4 is 16.6 Å². The molecule has 19 heavy (non-hydrogen) atoms. The Labute approximate surface area is 113 Å². The van der Waals surface area contributed by atoms with E-state index in [4.69, 9.17) is 9.47 Å². The molecular formula is C15H20N2O2. The minimum Gasteiger partial charge on any atom is -0.497 e. The summed E-state index contributed by atoms with van der Waals surface area (Å²) in [5.74, 6) is 1.74. The predicted molar refractivity (Wildman–Crippen MR) is 77.9 cm³/mol. The first-order valence-electron chi connectivity index (χ1n) is 6.49. The van der Waals surface area contributed by atoms with Crippen LogP contribution in [0.5, 0.6) is 5.75 Å². The molecule has 4 nitrogen and oxygen atoms in total. The molecule has 0 unspecified atom stereocenters. The maximum absolute atomic E-state index is 5.50. The molecule has 2 aromatic rings. The number of nitrogens with one attached hydrogen (secondary N) is 1. The fourth-order valence-electron chi connectivity index (χ4n) is 1.89. The van der Waals surface area contributed by atoms with Gasteiger partial charge in [-0.05, 0) is 43.5 Å². The van der Waals surface area contributed by atoms with E-state index in [1.807, 2.05) is 38.1 Å². The van der Waals surface area contributed by atoms with Gasteiger partial charge >= 0.3 is 0 Å². The number of hydrogen-bond acceptors (Lipinski definition) is 4. The van der Waals surface area contributed by atoms with Gasteiger partial charge in [0.2, 0.25) is 0 Å². The highest BCUT2D eigenvalue weighted by atomic mass is 16.5. The summed E-state index contributed by atoms with van der Waals surface area (Å²) < 4.78 is 10.7. The van der Waals surface area contributed by atoms with E-state index in [-0.39, 0.29) is 6.10 Å². The standard InChI is InChI=1S/C15H20N2O2/c1-11(2)19-9-8-17-15-14-5-4-13(18-3)10-12(14)6-7-16-15/h4-7,10-11H,8-9H2,1-3H3,(H,16,17). The van der Waals surface area contributed by atoms with Crippen molar-refractivity contribution in [3.63, 3.8) is 0 Å². The molecule has 1 aromatic carbocycles. The van der Waals surface area contributed by atoms with Gasteiger partial charge in [0.1, 0.15) is 11.6 Å². The number of pyridine rings is 1. The van der Waals surface area contributed by atoms with Crippen LogP contribution in [0.2, 0.25) is 0 Å². The van der Waals surface area contributed by atoms with Gasteiger partial charge in [-0.3, -0.25) is 0 Å². The number of ether oxygens (including phenoxy) is 2. The molecule has 0 saturated heterocycles. The van der Waals surface area contributed by atoms with Gasteiger partial charge in [0.25, 0.3) is 0 Å². The first-order valence-corrected chi connectivity index (χ1v) is 6.49. The lowest BCUT2D eigenvalue weighted by atomic mass is 10.1. The average Bonchev–Trinajstić information content (AvgIpc) is 2.42. The lowest BCUT2D eigenvalue weighted by Crippen LogP contribution is -2.13. The second kappa shape index (κ2) is 6.38. The summed E-state index contributed by atoms with van der Waals surface area (Å²) in [6, 6.07) is 7.95. The fraction of sp³-hybridized carbons (Fsp3) is 0.400. The van der Waals surface area contributed by atoms with Crippen molar-refractivity contribution in [2.45, 2.75) is 20.0 Å². The van der Waals surface area contributed by atoms with Gasteiger partial charge in [-0.1, -0.05) is 0 Å². The third-order valence-corrected chi connectivity index (χ3v) is 2.82. The molecule has 102 valence electrons. The summed E-state index contributed by atoms with van der Waals surface area (Å²) in [6.07, 6.45) is 2.06. The highest BCUT2D eigenvalue weighted by Crippen LogP contribution is 2.25. The van der Waals surface area contributed by atoms with Gasteiger partial charge in [0, 0.05) is 18.1 Å². The van der Waals surface area contributed by atoms with E-state index in [1.165, 1.54) is 0 Å². The quantitative estimate of drug-likeness (QED) is 0.811. The van der Waals surface area contributed by atoms with Crippen LogP contribution in [0, 0.1) is 0 Å².